The van der Waals surface area contributed by atoms with Gasteiger partial charge in [-0.3, -0.25) is 0 Å². The molecule has 1 aromatic carbocycles. The van der Waals surface area contributed by atoms with Crippen LogP contribution in [-0.2, 0) is 15.1 Å². The van der Waals surface area contributed by atoms with E-state index in [1.165, 1.54) is 0 Å². The van der Waals surface area contributed by atoms with Crippen LogP contribution in [-0.4, -0.2) is 26.0 Å². The maximum absolute atomic E-state index is 11.4. The van der Waals surface area contributed by atoms with Gasteiger partial charge in [-0.1, -0.05) is 6.07 Å². The molecule has 0 aliphatic carbocycles. The Bertz CT molecular complexity index is 509. The zero-order valence-electron chi connectivity index (χ0n) is 11.8. The van der Waals surface area contributed by atoms with Crippen LogP contribution in [0.5, 0.6) is 11.5 Å². The van der Waals surface area contributed by atoms with Gasteiger partial charge in [0, 0.05) is 5.56 Å². The first-order chi connectivity index (χ1) is 8.84. The second-order valence-electron chi connectivity index (χ2n) is 5.07. The third-order valence-corrected chi connectivity index (χ3v) is 3.71. The van der Waals surface area contributed by atoms with E-state index in [-0.39, 0.29) is 0 Å². The monoisotopic (exact) mass is 266 g/mol. The molecule has 0 bridgehead atoms. The molecule has 1 atom stereocenters. The summed E-state index contributed by atoms with van der Waals surface area (Å²) in [5, 5.41) is 0. The minimum atomic E-state index is -0.871. The Morgan fingerprint density at radius 3 is 2.11 bits per heavy atom. The number of hydrogen-bond donors (Lipinski definition) is 0. The largest absolute Gasteiger partial charge is 0.510 e. The van der Waals surface area contributed by atoms with Gasteiger partial charge in [0.2, 0.25) is 0 Å². The van der Waals surface area contributed by atoms with E-state index in [0.717, 1.165) is 5.56 Å². The molecule has 0 N–H and O–H groups in total. The first-order valence-corrected chi connectivity index (χ1v) is 5.98. The van der Waals surface area contributed by atoms with Crippen molar-refractivity contribution in [3.8, 4) is 11.5 Å². The Kier molecular flexibility index (Phi) is 3.08. The van der Waals surface area contributed by atoms with Crippen molar-refractivity contribution in [1.29, 1.82) is 0 Å². The van der Waals surface area contributed by atoms with Crippen LogP contribution < -0.4 is 9.47 Å². The molecule has 1 saturated heterocycles. The molecular weight excluding hydrogens is 248 g/mol. The summed E-state index contributed by atoms with van der Waals surface area (Å²) in [6.45, 7) is 5.45. The van der Waals surface area contributed by atoms with Crippen LogP contribution in [0.1, 0.15) is 26.3 Å². The van der Waals surface area contributed by atoms with Crippen molar-refractivity contribution >= 4 is 6.16 Å². The number of benzene rings is 1. The molecule has 1 aliphatic rings. The number of rotatable bonds is 3. The molecule has 0 aromatic heterocycles. The van der Waals surface area contributed by atoms with Crippen molar-refractivity contribution in [3.63, 3.8) is 0 Å². The fraction of sp³-hybridized carbons (Fsp3) is 0.500. The van der Waals surface area contributed by atoms with Crippen LogP contribution in [0.4, 0.5) is 4.79 Å². The summed E-state index contributed by atoms with van der Waals surface area (Å²) in [4.78, 5) is 11.4. The minimum Gasteiger partial charge on any atom is -0.493 e. The van der Waals surface area contributed by atoms with Crippen LogP contribution in [0.25, 0.3) is 0 Å². The summed E-state index contributed by atoms with van der Waals surface area (Å²) >= 11 is 0. The summed E-state index contributed by atoms with van der Waals surface area (Å²) in [7, 11) is 3.13. The highest BCUT2D eigenvalue weighted by atomic mass is 16.8. The Balaban J connectivity index is 2.49. The van der Waals surface area contributed by atoms with Crippen LogP contribution in [0.2, 0.25) is 0 Å². The number of hydrogen-bond acceptors (Lipinski definition) is 5. The van der Waals surface area contributed by atoms with Gasteiger partial charge in [-0.05, 0) is 32.9 Å². The number of carbonyl (C=O) groups is 1. The summed E-state index contributed by atoms with van der Waals surface area (Å²) in [6, 6.07) is 5.41. The highest BCUT2D eigenvalue weighted by Gasteiger charge is 2.55. The molecular formula is C14H18O5. The van der Waals surface area contributed by atoms with Gasteiger partial charge < -0.3 is 18.9 Å². The maximum atomic E-state index is 11.4. The quantitative estimate of drug-likeness (QED) is 0.787. The number of methoxy groups -OCH3 is 2. The lowest BCUT2D eigenvalue weighted by Gasteiger charge is -2.33. The highest BCUT2D eigenvalue weighted by molar-refractivity contribution is 5.65. The van der Waals surface area contributed by atoms with E-state index in [1.54, 1.807) is 26.4 Å². The number of carbonyl (C=O) groups excluding carboxylic acids is 1. The van der Waals surface area contributed by atoms with Gasteiger partial charge in [0.25, 0.3) is 0 Å². The van der Waals surface area contributed by atoms with Crippen LogP contribution in [0.15, 0.2) is 18.2 Å². The van der Waals surface area contributed by atoms with Gasteiger partial charge in [-0.25, -0.2) is 4.79 Å². The predicted octanol–water partition coefficient (Wildman–Crippen LogP) is 2.86. The van der Waals surface area contributed by atoms with Crippen LogP contribution >= 0.6 is 0 Å². The van der Waals surface area contributed by atoms with Gasteiger partial charge in [0.15, 0.2) is 22.7 Å². The van der Waals surface area contributed by atoms with Gasteiger partial charge in [0.05, 0.1) is 14.2 Å². The molecule has 1 fully saturated rings. The Morgan fingerprint density at radius 1 is 1.00 bits per heavy atom. The van der Waals surface area contributed by atoms with E-state index in [9.17, 15) is 4.79 Å². The Morgan fingerprint density at radius 2 is 1.63 bits per heavy atom. The van der Waals surface area contributed by atoms with E-state index in [2.05, 4.69) is 0 Å². The SMILES string of the molecule is COc1ccc([C@@]2(C)OC(=O)OC2(C)C)cc1OC. The van der Waals surface area contributed by atoms with E-state index in [1.807, 2.05) is 26.8 Å². The molecule has 1 aliphatic heterocycles. The number of cyclic esters (lactones) is 2. The average Bonchev–Trinajstić information content (AvgIpc) is 2.57. The van der Waals surface area contributed by atoms with Crippen LogP contribution in [0.3, 0.4) is 0 Å². The zero-order valence-corrected chi connectivity index (χ0v) is 11.8. The Labute approximate surface area is 112 Å². The van der Waals surface area contributed by atoms with Crippen molar-refractivity contribution in [2.75, 3.05) is 14.2 Å². The first kappa shape index (κ1) is 13.5. The highest BCUT2D eigenvalue weighted by Crippen LogP contribution is 2.46. The lowest BCUT2D eigenvalue weighted by atomic mass is 9.81. The van der Waals surface area contributed by atoms with E-state index in [4.69, 9.17) is 18.9 Å². The molecule has 1 aromatic rings. The second kappa shape index (κ2) is 4.33. The van der Waals surface area contributed by atoms with Crippen molar-refractivity contribution < 1.29 is 23.7 Å². The summed E-state index contributed by atoms with van der Waals surface area (Å²) < 4.78 is 21.0. The van der Waals surface area contributed by atoms with Crippen molar-refractivity contribution in [3.05, 3.63) is 23.8 Å². The van der Waals surface area contributed by atoms with E-state index < -0.39 is 17.4 Å². The molecule has 0 radical (unpaired) electrons. The van der Waals surface area contributed by atoms with Crippen molar-refractivity contribution in [2.45, 2.75) is 32.0 Å². The molecule has 2 rings (SSSR count). The third kappa shape index (κ3) is 1.99. The molecule has 1 heterocycles. The van der Waals surface area contributed by atoms with Gasteiger partial charge in [-0.15, -0.1) is 0 Å². The smallest absolute Gasteiger partial charge is 0.493 e. The third-order valence-electron chi connectivity index (χ3n) is 3.71. The second-order valence-corrected chi connectivity index (χ2v) is 5.07. The van der Waals surface area contributed by atoms with E-state index >= 15 is 0 Å². The molecule has 0 saturated carbocycles. The first-order valence-electron chi connectivity index (χ1n) is 5.98. The molecule has 0 unspecified atom stereocenters. The Hall–Kier alpha value is -1.91. The maximum Gasteiger partial charge on any atom is 0.510 e. The zero-order chi connectivity index (χ0) is 14.3. The topological polar surface area (TPSA) is 54.0 Å². The summed E-state index contributed by atoms with van der Waals surface area (Å²) in [5.74, 6) is 1.21. The van der Waals surface area contributed by atoms with Crippen molar-refractivity contribution in [2.24, 2.45) is 0 Å². The molecule has 5 nitrogen and oxygen atoms in total. The minimum absolute atomic E-state index is 0.583. The molecule has 5 heteroatoms. The molecule has 19 heavy (non-hydrogen) atoms. The normalized spacial score (nSPS) is 24.6. The standard InChI is InChI=1S/C14H18O5/c1-13(2)14(3,19-12(15)18-13)9-6-7-10(16-4)11(8-9)17-5/h6-8H,1-5H3/t14-/m1/s1. The molecule has 104 valence electrons. The molecule has 0 amide bonds. The van der Waals surface area contributed by atoms with Gasteiger partial charge >= 0.3 is 6.16 Å². The van der Waals surface area contributed by atoms with Crippen LogP contribution in [0, 0.1) is 0 Å². The predicted molar refractivity (Wildman–Crippen MR) is 68.5 cm³/mol. The van der Waals surface area contributed by atoms with Gasteiger partial charge in [-0.2, -0.15) is 0 Å². The van der Waals surface area contributed by atoms with E-state index in [0.29, 0.717) is 11.5 Å². The lowest BCUT2D eigenvalue weighted by molar-refractivity contribution is -0.0136. The summed E-state index contributed by atoms with van der Waals surface area (Å²) in [5.41, 5.74) is -0.839. The van der Waals surface area contributed by atoms with Crippen molar-refractivity contribution in [1.82, 2.24) is 0 Å². The fourth-order valence-electron chi connectivity index (χ4n) is 2.16. The average molecular weight is 266 g/mol. The summed E-state index contributed by atoms with van der Waals surface area (Å²) in [6.07, 6.45) is -0.665. The number of ether oxygens (including phenoxy) is 4. The van der Waals surface area contributed by atoms with Gasteiger partial charge in [0.1, 0.15) is 0 Å². The molecule has 0 spiro atoms. The fourth-order valence-corrected chi connectivity index (χ4v) is 2.16. The lowest BCUT2D eigenvalue weighted by Crippen LogP contribution is -2.42.